The van der Waals surface area contributed by atoms with Gasteiger partial charge in [0.05, 0.1) is 0 Å². The fraction of sp³-hybridized carbons (Fsp3) is 0.467. The minimum atomic E-state index is -0.323. The first-order chi connectivity index (χ1) is 10.1. The highest BCUT2D eigenvalue weighted by Crippen LogP contribution is 2.34. The number of hydrogen-bond donors (Lipinski definition) is 1. The summed E-state index contributed by atoms with van der Waals surface area (Å²) in [7, 11) is 0. The van der Waals surface area contributed by atoms with Crippen LogP contribution >= 0.6 is 23.2 Å². The molecule has 1 aliphatic heterocycles. The number of halogens is 2. The Labute approximate surface area is 133 Å². The maximum absolute atomic E-state index is 12.3. The first-order valence-electron chi connectivity index (χ1n) is 7.09. The van der Waals surface area contributed by atoms with Gasteiger partial charge < -0.3 is 10.2 Å². The molecule has 1 saturated carbocycles. The third kappa shape index (κ3) is 3.16. The standard InChI is InChI=1S/C15H16Cl2N2O2/c16-10-2-1-9(12(17)7-10)8-18-15(21)13-5-6-14(20)19(13)11-3-4-11/h1-2,7,11,13H,3-6,8H2,(H,18,21)/t13-/m0/s1. The predicted molar refractivity (Wildman–Crippen MR) is 81.2 cm³/mol. The summed E-state index contributed by atoms with van der Waals surface area (Å²) < 4.78 is 0. The first kappa shape index (κ1) is 14.7. The summed E-state index contributed by atoms with van der Waals surface area (Å²) in [6.07, 6.45) is 3.10. The topological polar surface area (TPSA) is 49.4 Å². The van der Waals surface area contributed by atoms with Crippen molar-refractivity contribution in [2.45, 2.75) is 44.3 Å². The SMILES string of the molecule is O=C(NCc1ccc(Cl)cc1Cl)[C@@H]1CCC(=O)N1C1CC1. The zero-order chi connectivity index (χ0) is 15.0. The molecule has 0 spiro atoms. The van der Waals surface area contributed by atoms with Crippen molar-refractivity contribution in [3.63, 3.8) is 0 Å². The molecule has 6 heteroatoms. The summed E-state index contributed by atoms with van der Waals surface area (Å²) in [4.78, 5) is 25.9. The lowest BCUT2D eigenvalue weighted by atomic mass is 10.2. The summed E-state index contributed by atoms with van der Waals surface area (Å²) in [5.74, 6) is 0.000872. The molecule has 4 nitrogen and oxygen atoms in total. The van der Waals surface area contributed by atoms with Gasteiger partial charge in [0.25, 0.3) is 0 Å². The average molecular weight is 327 g/mol. The predicted octanol–water partition coefficient (Wildman–Crippen LogP) is 2.76. The van der Waals surface area contributed by atoms with Gasteiger partial charge in [-0.3, -0.25) is 9.59 Å². The Bertz CT molecular complexity index is 587. The number of nitrogens with zero attached hydrogens (tertiary/aromatic N) is 1. The quantitative estimate of drug-likeness (QED) is 0.924. The van der Waals surface area contributed by atoms with E-state index in [4.69, 9.17) is 23.2 Å². The van der Waals surface area contributed by atoms with Gasteiger partial charge in [-0.15, -0.1) is 0 Å². The summed E-state index contributed by atoms with van der Waals surface area (Å²) in [6, 6.07) is 5.14. The Kier molecular flexibility index (Phi) is 4.09. The number of benzene rings is 1. The van der Waals surface area contributed by atoms with Crippen LogP contribution in [-0.2, 0) is 16.1 Å². The Hall–Kier alpha value is -1.26. The van der Waals surface area contributed by atoms with Crippen molar-refractivity contribution in [3.8, 4) is 0 Å². The van der Waals surface area contributed by atoms with Crippen LogP contribution in [0.4, 0.5) is 0 Å². The third-order valence-electron chi connectivity index (χ3n) is 3.97. The molecule has 2 amide bonds. The van der Waals surface area contributed by atoms with E-state index in [1.54, 1.807) is 23.1 Å². The Morgan fingerprint density at radius 3 is 2.71 bits per heavy atom. The number of likely N-dealkylation sites (tertiary alicyclic amines) is 1. The van der Waals surface area contributed by atoms with E-state index in [0.29, 0.717) is 29.4 Å². The molecule has 1 N–H and O–H groups in total. The first-order valence-corrected chi connectivity index (χ1v) is 7.84. The number of hydrogen-bond acceptors (Lipinski definition) is 2. The second kappa shape index (κ2) is 5.85. The van der Waals surface area contributed by atoms with Gasteiger partial charge in [-0.05, 0) is 37.0 Å². The van der Waals surface area contributed by atoms with Crippen LogP contribution < -0.4 is 5.32 Å². The Morgan fingerprint density at radius 1 is 1.29 bits per heavy atom. The van der Waals surface area contributed by atoms with Crippen LogP contribution in [0.25, 0.3) is 0 Å². The molecule has 0 radical (unpaired) electrons. The minimum Gasteiger partial charge on any atom is -0.350 e. The molecule has 1 atom stereocenters. The van der Waals surface area contributed by atoms with Gasteiger partial charge in [-0.25, -0.2) is 0 Å². The fourth-order valence-electron chi connectivity index (χ4n) is 2.74. The van der Waals surface area contributed by atoms with E-state index in [1.807, 2.05) is 0 Å². The molecule has 0 unspecified atom stereocenters. The molecular formula is C15H16Cl2N2O2. The molecular weight excluding hydrogens is 311 g/mol. The number of rotatable bonds is 4. The van der Waals surface area contributed by atoms with E-state index in [0.717, 1.165) is 18.4 Å². The van der Waals surface area contributed by atoms with Gasteiger partial charge in [0, 0.05) is 29.1 Å². The van der Waals surface area contributed by atoms with E-state index in [1.165, 1.54) is 0 Å². The lowest BCUT2D eigenvalue weighted by Crippen LogP contribution is -2.45. The van der Waals surface area contributed by atoms with Crippen molar-refractivity contribution in [2.24, 2.45) is 0 Å². The number of carbonyl (C=O) groups excluding carboxylic acids is 2. The number of nitrogens with one attached hydrogen (secondary N) is 1. The van der Waals surface area contributed by atoms with E-state index in [2.05, 4.69) is 5.32 Å². The van der Waals surface area contributed by atoms with Crippen LogP contribution in [0.3, 0.4) is 0 Å². The fourth-order valence-corrected chi connectivity index (χ4v) is 3.21. The molecule has 1 heterocycles. The van der Waals surface area contributed by atoms with Gasteiger partial charge in [-0.1, -0.05) is 29.3 Å². The zero-order valence-corrected chi connectivity index (χ0v) is 13.0. The largest absolute Gasteiger partial charge is 0.350 e. The van der Waals surface area contributed by atoms with Crippen molar-refractivity contribution in [3.05, 3.63) is 33.8 Å². The van der Waals surface area contributed by atoms with Gasteiger partial charge in [0.2, 0.25) is 11.8 Å². The Morgan fingerprint density at radius 2 is 2.05 bits per heavy atom. The van der Waals surface area contributed by atoms with Crippen LogP contribution in [0.15, 0.2) is 18.2 Å². The van der Waals surface area contributed by atoms with Crippen molar-refractivity contribution in [1.82, 2.24) is 10.2 Å². The lowest BCUT2D eigenvalue weighted by molar-refractivity contribution is -0.135. The second-order valence-electron chi connectivity index (χ2n) is 5.54. The van der Waals surface area contributed by atoms with Crippen molar-refractivity contribution < 1.29 is 9.59 Å². The summed E-state index contributed by atoms with van der Waals surface area (Å²) >= 11 is 11.9. The molecule has 21 heavy (non-hydrogen) atoms. The Balaban J connectivity index is 1.62. The van der Waals surface area contributed by atoms with Gasteiger partial charge in [0.15, 0.2) is 0 Å². The lowest BCUT2D eigenvalue weighted by Gasteiger charge is -2.23. The zero-order valence-electron chi connectivity index (χ0n) is 11.4. The molecule has 1 saturated heterocycles. The molecule has 3 rings (SSSR count). The maximum Gasteiger partial charge on any atom is 0.243 e. The molecule has 2 aliphatic rings. The second-order valence-corrected chi connectivity index (χ2v) is 6.38. The average Bonchev–Trinajstić information content (AvgIpc) is 3.20. The van der Waals surface area contributed by atoms with E-state index >= 15 is 0 Å². The van der Waals surface area contributed by atoms with Crippen LogP contribution in [-0.4, -0.2) is 28.8 Å². The molecule has 112 valence electrons. The molecule has 0 aromatic heterocycles. The summed E-state index contributed by atoms with van der Waals surface area (Å²) in [5, 5.41) is 3.97. The van der Waals surface area contributed by atoms with E-state index in [-0.39, 0.29) is 23.9 Å². The summed E-state index contributed by atoms with van der Waals surface area (Å²) in [5.41, 5.74) is 0.816. The monoisotopic (exact) mass is 326 g/mol. The van der Waals surface area contributed by atoms with E-state index in [9.17, 15) is 9.59 Å². The molecule has 2 fully saturated rings. The minimum absolute atomic E-state index is 0.0984. The van der Waals surface area contributed by atoms with Crippen LogP contribution in [0.1, 0.15) is 31.2 Å². The van der Waals surface area contributed by atoms with Gasteiger partial charge in [-0.2, -0.15) is 0 Å². The maximum atomic E-state index is 12.3. The molecule has 1 aromatic carbocycles. The van der Waals surface area contributed by atoms with Crippen molar-refractivity contribution in [1.29, 1.82) is 0 Å². The number of carbonyl (C=O) groups is 2. The smallest absolute Gasteiger partial charge is 0.243 e. The van der Waals surface area contributed by atoms with E-state index < -0.39 is 0 Å². The van der Waals surface area contributed by atoms with Crippen molar-refractivity contribution >= 4 is 35.0 Å². The third-order valence-corrected chi connectivity index (χ3v) is 4.55. The molecule has 1 aromatic rings. The van der Waals surface area contributed by atoms with Crippen LogP contribution in [0, 0.1) is 0 Å². The highest BCUT2D eigenvalue weighted by atomic mass is 35.5. The number of amides is 2. The van der Waals surface area contributed by atoms with Crippen LogP contribution in [0.5, 0.6) is 0 Å². The normalized spacial score (nSPS) is 21.7. The van der Waals surface area contributed by atoms with Gasteiger partial charge >= 0.3 is 0 Å². The molecule has 1 aliphatic carbocycles. The highest BCUT2D eigenvalue weighted by Gasteiger charge is 2.44. The van der Waals surface area contributed by atoms with Gasteiger partial charge in [0.1, 0.15) is 6.04 Å². The van der Waals surface area contributed by atoms with Crippen molar-refractivity contribution in [2.75, 3.05) is 0 Å². The van der Waals surface area contributed by atoms with Crippen LogP contribution in [0.2, 0.25) is 10.0 Å². The highest BCUT2D eigenvalue weighted by molar-refractivity contribution is 6.35. The molecule has 0 bridgehead atoms. The summed E-state index contributed by atoms with van der Waals surface area (Å²) in [6.45, 7) is 0.345.